The Morgan fingerprint density at radius 1 is 1.35 bits per heavy atom. The number of pyridine rings is 1. The lowest BCUT2D eigenvalue weighted by Crippen LogP contribution is -2.39. The van der Waals surface area contributed by atoms with Crippen LogP contribution in [0, 0.1) is 6.92 Å². The fraction of sp³-hybridized carbons (Fsp3) is 0.429. The molecule has 0 aromatic carbocycles. The summed E-state index contributed by atoms with van der Waals surface area (Å²) in [6.07, 6.45) is 6.20. The van der Waals surface area contributed by atoms with Crippen molar-refractivity contribution in [2.24, 2.45) is 0 Å². The van der Waals surface area contributed by atoms with Crippen molar-refractivity contribution < 1.29 is 9.32 Å². The van der Waals surface area contributed by atoms with Gasteiger partial charge in [0, 0.05) is 31.4 Å². The largest absolute Gasteiger partial charge is 0.340 e. The molecule has 0 bridgehead atoms. The van der Waals surface area contributed by atoms with Crippen molar-refractivity contribution in [1.82, 2.24) is 20.0 Å². The second-order valence-corrected chi connectivity index (χ2v) is 4.92. The summed E-state index contributed by atoms with van der Waals surface area (Å²) in [6.45, 7) is 2.48. The summed E-state index contributed by atoms with van der Waals surface area (Å²) in [5, 5.41) is 3.97. The number of piperidine rings is 1. The maximum Gasteiger partial charge on any atom is 0.254 e. The molecule has 3 rings (SSSR count). The van der Waals surface area contributed by atoms with Gasteiger partial charge in [0.05, 0.1) is 6.04 Å². The Labute approximate surface area is 116 Å². The average molecular weight is 272 g/mol. The summed E-state index contributed by atoms with van der Waals surface area (Å²) in [5.74, 6) is 1.13. The normalized spacial score (nSPS) is 19.1. The van der Waals surface area contributed by atoms with Gasteiger partial charge < -0.3 is 9.42 Å². The Balaban J connectivity index is 1.87. The van der Waals surface area contributed by atoms with E-state index in [1.807, 2.05) is 4.90 Å². The van der Waals surface area contributed by atoms with E-state index in [-0.39, 0.29) is 11.9 Å². The van der Waals surface area contributed by atoms with Crippen LogP contribution in [0.2, 0.25) is 0 Å². The van der Waals surface area contributed by atoms with Gasteiger partial charge in [-0.25, -0.2) is 0 Å². The number of carbonyl (C=O) groups excluding carboxylic acids is 1. The molecule has 1 amide bonds. The van der Waals surface area contributed by atoms with Gasteiger partial charge in [-0.3, -0.25) is 9.78 Å². The molecule has 0 saturated carbocycles. The number of hydrogen-bond acceptors (Lipinski definition) is 5. The summed E-state index contributed by atoms with van der Waals surface area (Å²) in [7, 11) is 0. The molecule has 104 valence electrons. The first-order valence-electron chi connectivity index (χ1n) is 6.77. The third kappa shape index (κ3) is 2.41. The van der Waals surface area contributed by atoms with Gasteiger partial charge in [0.1, 0.15) is 0 Å². The van der Waals surface area contributed by atoms with Crippen LogP contribution in [0.5, 0.6) is 0 Å². The number of amides is 1. The quantitative estimate of drug-likeness (QED) is 0.837. The van der Waals surface area contributed by atoms with Crippen LogP contribution in [0.1, 0.15) is 47.4 Å². The van der Waals surface area contributed by atoms with E-state index in [1.54, 1.807) is 31.5 Å². The van der Waals surface area contributed by atoms with Gasteiger partial charge >= 0.3 is 0 Å². The van der Waals surface area contributed by atoms with Crippen molar-refractivity contribution in [1.29, 1.82) is 0 Å². The van der Waals surface area contributed by atoms with Crippen molar-refractivity contribution in [3.8, 4) is 0 Å². The van der Waals surface area contributed by atoms with Gasteiger partial charge in [0.25, 0.3) is 5.91 Å². The molecule has 1 unspecified atom stereocenters. The molecule has 1 aliphatic heterocycles. The number of nitrogens with zero attached hydrogens (tertiary/aromatic N) is 4. The average Bonchev–Trinajstić information content (AvgIpc) is 2.94. The topological polar surface area (TPSA) is 72.1 Å². The van der Waals surface area contributed by atoms with Gasteiger partial charge in [-0.05, 0) is 31.4 Å². The second kappa shape index (κ2) is 5.40. The van der Waals surface area contributed by atoms with Crippen LogP contribution in [0.3, 0.4) is 0 Å². The minimum absolute atomic E-state index is 0.000414. The second-order valence-electron chi connectivity index (χ2n) is 4.92. The van der Waals surface area contributed by atoms with Crippen molar-refractivity contribution in [2.75, 3.05) is 6.54 Å². The molecular formula is C14H16N4O2. The third-order valence-electron chi connectivity index (χ3n) is 3.53. The first-order valence-corrected chi connectivity index (χ1v) is 6.77. The zero-order valence-corrected chi connectivity index (χ0v) is 11.3. The standard InChI is InChI=1S/C14H16N4O2/c1-10-16-13(17-20-10)12-4-2-3-9-18(12)14(19)11-5-7-15-8-6-11/h5-8,12H,2-4,9H2,1H3. The van der Waals surface area contributed by atoms with Crippen molar-refractivity contribution in [3.05, 3.63) is 41.8 Å². The summed E-state index contributed by atoms with van der Waals surface area (Å²) < 4.78 is 5.04. The van der Waals surface area contributed by atoms with Crippen LogP contribution in [0.15, 0.2) is 29.0 Å². The highest BCUT2D eigenvalue weighted by Crippen LogP contribution is 2.30. The highest BCUT2D eigenvalue weighted by molar-refractivity contribution is 5.94. The molecule has 3 heterocycles. The Bertz CT molecular complexity index is 596. The predicted octanol–water partition coefficient (Wildman–Crippen LogP) is 2.14. The molecule has 1 atom stereocenters. The van der Waals surface area contributed by atoms with Crippen LogP contribution in [0.25, 0.3) is 0 Å². The van der Waals surface area contributed by atoms with Crippen LogP contribution < -0.4 is 0 Å². The van der Waals surface area contributed by atoms with Crippen LogP contribution in [-0.2, 0) is 0 Å². The molecule has 1 aliphatic rings. The third-order valence-corrected chi connectivity index (χ3v) is 3.53. The van der Waals surface area contributed by atoms with Crippen molar-refractivity contribution in [2.45, 2.75) is 32.2 Å². The molecule has 2 aromatic heterocycles. The van der Waals surface area contributed by atoms with Gasteiger partial charge in [-0.15, -0.1) is 0 Å². The van der Waals surface area contributed by atoms with E-state index in [0.717, 1.165) is 25.8 Å². The minimum Gasteiger partial charge on any atom is -0.340 e. The SMILES string of the molecule is Cc1nc(C2CCCCN2C(=O)c2ccncc2)no1. The van der Waals surface area contributed by atoms with E-state index in [4.69, 9.17) is 4.52 Å². The molecule has 1 fully saturated rings. The lowest BCUT2D eigenvalue weighted by molar-refractivity contribution is 0.0596. The molecule has 6 heteroatoms. The lowest BCUT2D eigenvalue weighted by atomic mass is 10.0. The van der Waals surface area contributed by atoms with Gasteiger partial charge in [0.2, 0.25) is 5.89 Å². The molecular weight excluding hydrogens is 256 g/mol. The molecule has 20 heavy (non-hydrogen) atoms. The zero-order chi connectivity index (χ0) is 13.9. The maximum absolute atomic E-state index is 12.6. The molecule has 0 radical (unpaired) electrons. The monoisotopic (exact) mass is 272 g/mol. The highest BCUT2D eigenvalue weighted by atomic mass is 16.5. The lowest BCUT2D eigenvalue weighted by Gasteiger charge is -2.33. The molecule has 0 N–H and O–H groups in total. The first kappa shape index (κ1) is 12.8. The molecule has 0 aliphatic carbocycles. The van der Waals surface area contributed by atoms with E-state index in [1.165, 1.54) is 0 Å². The Morgan fingerprint density at radius 2 is 2.15 bits per heavy atom. The molecule has 2 aromatic rings. The van der Waals surface area contributed by atoms with E-state index >= 15 is 0 Å². The van der Waals surface area contributed by atoms with Crippen LogP contribution in [-0.4, -0.2) is 32.5 Å². The fourth-order valence-electron chi connectivity index (χ4n) is 2.55. The summed E-state index contributed by atoms with van der Waals surface area (Å²) in [6, 6.07) is 3.37. The molecule has 0 spiro atoms. The van der Waals surface area contributed by atoms with Crippen LogP contribution in [0.4, 0.5) is 0 Å². The fourth-order valence-corrected chi connectivity index (χ4v) is 2.55. The zero-order valence-electron chi connectivity index (χ0n) is 11.3. The number of aromatic nitrogens is 3. The predicted molar refractivity (Wildman–Crippen MR) is 70.9 cm³/mol. The van der Waals surface area contributed by atoms with E-state index in [2.05, 4.69) is 15.1 Å². The maximum atomic E-state index is 12.6. The number of aryl methyl sites for hydroxylation is 1. The van der Waals surface area contributed by atoms with E-state index in [9.17, 15) is 4.79 Å². The van der Waals surface area contributed by atoms with Crippen molar-refractivity contribution in [3.63, 3.8) is 0 Å². The van der Waals surface area contributed by atoms with E-state index < -0.39 is 0 Å². The number of carbonyl (C=O) groups is 1. The van der Waals surface area contributed by atoms with E-state index in [0.29, 0.717) is 17.3 Å². The summed E-state index contributed by atoms with van der Waals surface area (Å²) >= 11 is 0. The summed E-state index contributed by atoms with van der Waals surface area (Å²) in [4.78, 5) is 22.7. The minimum atomic E-state index is -0.0955. The smallest absolute Gasteiger partial charge is 0.254 e. The number of rotatable bonds is 2. The number of hydrogen-bond donors (Lipinski definition) is 0. The Kier molecular flexibility index (Phi) is 3.45. The number of likely N-dealkylation sites (tertiary alicyclic amines) is 1. The Morgan fingerprint density at radius 3 is 2.85 bits per heavy atom. The van der Waals surface area contributed by atoms with Gasteiger partial charge in [-0.1, -0.05) is 5.16 Å². The van der Waals surface area contributed by atoms with Gasteiger partial charge in [0.15, 0.2) is 5.82 Å². The molecule has 1 saturated heterocycles. The first-order chi connectivity index (χ1) is 9.75. The van der Waals surface area contributed by atoms with Crippen molar-refractivity contribution >= 4 is 5.91 Å². The summed E-state index contributed by atoms with van der Waals surface area (Å²) in [5.41, 5.74) is 0.645. The van der Waals surface area contributed by atoms with Crippen LogP contribution >= 0.6 is 0 Å². The van der Waals surface area contributed by atoms with Gasteiger partial charge in [-0.2, -0.15) is 4.98 Å². The highest BCUT2D eigenvalue weighted by Gasteiger charge is 2.31. The molecule has 6 nitrogen and oxygen atoms in total. The Hall–Kier alpha value is -2.24.